The van der Waals surface area contributed by atoms with Gasteiger partial charge in [-0.25, -0.2) is 0 Å². The van der Waals surface area contributed by atoms with Crippen LogP contribution < -0.4 is 5.73 Å². The van der Waals surface area contributed by atoms with Gasteiger partial charge in [-0.3, -0.25) is 14.7 Å². The van der Waals surface area contributed by atoms with Gasteiger partial charge in [-0.15, -0.1) is 0 Å². The van der Waals surface area contributed by atoms with Crippen molar-refractivity contribution in [2.45, 2.75) is 25.2 Å². The van der Waals surface area contributed by atoms with Crippen molar-refractivity contribution in [3.05, 3.63) is 47.7 Å². The predicted octanol–water partition coefficient (Wildman–Crippen LogP) is 2.10. The predicted molar refractivity (Wildman–Crippen MR) is 95.5 cm³/mol. The molecule has 2 heterocycles. The van der Waals surface area contributed by atoms with Crippen LogP contribution in [-0.4, -0.2) is 45.2 Å². The highest BCUT2D eigenvalue weighted by atomic mass is 16.4. The highest BCUT2D eigenvalue weighted by molar-refractivity contribution is 5.94. The first kappa shape index (κ1) is 16.6. The van der Waals surface area contributed by atoms with Gasteiger partial charge in [-0.1, -0.05) is 30.3 Å². The molecule has 1 aromatic heterocycles. The van der Waals surface area contributed by atoms with Crippen LogP contribution in [0.4, 0.5) is 5.82 Å². The molecule has 7 nitrogen and oxygen atoms in total. The summed E-state index contributed by atoms with van der Waals surface area (Å²) in [5.74, 6) is -0.495. The van der Waals surface area contributed by atoms with Crippen molar-refractivity contribution in [2.24, 2.45) is 11.3 Å². The molecular formula is C19H22N4O3. The van der Waals surface area contributed by atoms with Crippen LogP contribution in [0.2, 0.25) is 0 Å². The smallest absolute Gasteiger partial charge is 0.311 e. The molecule has 2 fully saturated rings. The lowest BCUT2D eigenvalue weighted by Crippen LogP contribution is -2.43. The highest BCUT2D eigenvalue weighted by Crippen LogP contribution is 2.51. The molecular weight excluding hydrogens is 332 g/mol. The van der Waals surface area contributed by atoms with E-state index in [0.29, 0.717) is 24.6 Å². The van der Waals surface area contributed by atoms with E-state index in [1.807, 2.05) is 18.2 Å². The van der Waals surface area contributed by atoms with Crippen molar-refractivity contribution in [3.63, 3.8) is 0 Å². The number of carboxylic acid groups (broad SMARTS) is 1. The highest BCUT2D eigenvalue weighted by Gasteiger charge is 2.56. The van der Waals surface area contributed by atoms with E-state index < -0.39 is 11.4 Å². The number of anilines is 1. The zero-order chi connectivity index (χ0) is 18.3. The fourth-order valence-electron chi connectivity index (χ4n) is 4.60. The van der Waals surface area contributed by atoms with Gasteiger partial charge in [0.2, 0.25) is 0 Å². The zero-order valence-electron chi connectivity index (χ0n) is 14.4. The van der Waals surface area contributed by atoms with Crippen molar-refractivity contribution < 1.29 is 14.7 Å². The molecule has 1 amide bonds. The van der Waals surface area contributed by atoms with Gasteiger partial charge in [0.05, 0.1) is 5.41 Å². The summed E-state index contributed by atoms with van der Waals surface area (Å²) in [6, 6.07) is 11.7. The average molecular weight is 354 g/mol. The third kappa shape index (κ3) is 2.64. The maximum Gasteiger partial charge on any atom is 0.311 e. The van der Waals surface area contributed by atoms with E-state index in [1.54, 1.807) is 4.90 Å². The second-order valence-corrected chi connectivity index (χ2v) is 7.43. The number of rotatable bonds is 3. The third-order valence-corrected chi connectivity index (χ3v) is 6.02. The molecule has 1 aliphatic heterocycles. The van der Waals surface area contributed by atoms with Gasteiger partial charge in [0, 0.05) is 19.2 Å². The number of benzene rings is 1. The first-order chi connectivity index (χ1) is 12.5. The van der Waals surface area contributed by atoms with Crippen LogP contribution in [0.5, 0.6) is 0 Å². The van der Waals surface area contributed by atoms with E-state index in [9.17, 15) is 14.7 Å². The molecule has 1 aromatic carbocycles. The van der Waals surface area contributed by atoms with Crippen LogP contribution in [-0.2, 0) is 4.79 Å². The monoisotopic (exact) mass is 354 g/mol. The van der Waals surface area contributed by atoms with E-state index in [1.165, 1.54) is 11.6 Å². The number of carbonyl (C=O) groups excluding carboxylic acids is 1. The summed E-state index contributed by atoms with van der Waals surface area (Å²) >= 11 is 0. The summed E-state index contributed by atoms with van der Waals surface area (Å²) in [7, 11) is 0. The minimum Gasteiger partial charge on any atom is -0.481 e. The van der Waals surface area contributed by atoms with Gasteiger partial charge in [0.15, 0.2) is 0 Å². The van der Waals surface area contributed by atoms with E-state index in [2.05, 4.69) is 22.3 Å². The number of hydrogen-bond acceptors (Lipinski definition) is 4. The number of nitrogens with two attached hydrogens (primary N) is 1. The minimum atomic E-state index is -0.855. The summed E-state index contributed by atoms with van der Waals surface area (Å²) in [6.45, 7) is 0.694. The standard InChI is InChI=1S/C19H22N4O3/c20-16-9-15(21-22-16)17(24)23-10-14-8-13(12-4-2-1-3-5-12)6-7-19(14,11-23)18(25)26/h1-5,9,13-14H,6-8,10-11H2,(H,25,26)(H3,20,21,22)/t13-,14-,19-/m0/s1. The summed E-state index contributed by atoms with van der Waals surface area (Å²) < 4.78 is 0. The number of aromatic nitrogens is 2. The van der Waals surface area contributed by atoms with Crippen LogP contribution in [0, 0.1) is 11.3 Å². The van der Waals surface area contributed by atoms with Gasteiger partial charge >= 0.3 is 5.97 Å². The SMILES string of the molecule is Nc1cc(C(=O)N2C[C@@H]3C[C@@H](c4ccccc4)CC[C@]3(C(=O)O)C2)[nH]n1. The van der Waals surface area contributed by atoms with Gasteiger partial charge in [-0.05, 0) is 36.7 Å². The van der Waals surface area contributed by atoms with Crippen molar-refractivity contribution >= 4 is 17.7 Å². The molecule has 26 heavy (non-hydrogen) atoms. The number of nitrogens with one attached hydrogen (secondary N) is 1. The molecule has 0 unspecified atom stereocenters. The fraction of sp³-hybridized carbons (Fsp3) is 0.421. The number of aliphatic carboxylic acids is 1. The first-order valence-electron chi connectivity index (χ1n) is 8.88. The minimum absolute atomic E-state index is 0.0526. The Morgan fingerprint density at radius 1 is 1.31 bits per heavy atom. The molecule has 7 heteroatoms. The molecule has 0 spiro atoms. The third-order valence-electron chi connectivity index (χ3n) is 6.02. The van der Waals surface area contributed by atoms with Crippen molar-refractivity contribution in [1.29, 1.82) is 0 Å². The summed E-state index contributed by atoms with van der Waals surface area (Å²) in [6.07, 6.45) is 2.19. The number of carboxylic acids is 1. The number of likely N-dealkylation sites (tertiary alicyclic amines) is 1. The van der Waals surface area contributed by atoms with Gasteiger partial charge < -0.3 is 15.7 Å². The van der Waals surface area contributed by atoms with E-state index >= 15 is 0 Å². The Labute approximate surface area is 151 Å². The van der Waals surface area contributed by atoms with E-state index in [0.717, 1.165) is 12.8 Å². The number of H-pyrrole nitrogens is 1. The zero-order valence-corrected chi connectivity index (χ0v) is 14.4. The molecule has 0 radical (unpaired) electrons. The number of aromatic amines is 1. The summed E-state index contributed by atoms with van der Waals surface area (Å²) in [5.41, 5.74) is 6.28. The molecule has 0 bridgehead atoms. The topological polar surface area (TPSA) is 112 Å². The van der Waals surface area contributed by atoms with Gasteiger partial charge in [0.25, 0.3) is 5.91 Å². The Kier molecular flexibility index (Phi) is 3.94. The Morgan fingerprint density at radius 3 is 2.73 bits per heavy atom. The molecule has 1 saturated heterocycles. The van der Waals surface area contributed by atoms with Crippen molar-refractivity contribution in [2.75, 3.05) is 18.8 Å². The van der Waals surface area contributed by atoms with Crippen LogP contribution in [0.25, 0.3) is 0 Å². The first-order valence-corrected chi connectivity index (χ1v) is 8.88. The van der Waals surface area contributed by atoms with Crippen LogP contribution in [0.15, 0.2) is 36.4 Å². The lowest BCUT2D eigenvalue weighted by atomic mass is 9.64. The fourth-order valence-corrected chi connectivity index (χ4v) is 4.60. The molecule has 2 aliphatic rings. The number of nitrogens with zero attached hydrogens (tertiary/aromatic N) is 2. The van der Waals surface area contributed by atoms with Gasteiger partial charge in [-0.2, -0.15) is 5.10 Å². The maximum atomic E-state index is 12.7. The van der Waals surface area contributed by atoms with Crippen LogP contribution in [0.3, 0.4) is 0 Å². The average Bonchev–Trinajstić information content (AvgIpc) is 3.25. The molecule has 4 N–H and O–H groups in total. The lowest BCUT2D eigenvalue weighted by Gasteiger charge is -2.38. The van der Waals surface area contributed by atoms with Gasteiger partial charge in [0.1, 0.15) is 11.5 Å². The Bertz CT molecular complexity index is 834. The molecule has 136 valence electrons. The van der Waals surface area contributed by atoms with Crippen LogP contribution in [0.1, 0.15) is 41.2 Å². The number of amides is 1. The Morgan fingerprint density at radius 2 is 2.08 bits per heavy atom. The number of nitrogen functional groups attached to an aromatic ring is 1. The molecule has 1 saturated carbocycles. The quantitative estimate of drug-likeness (QED) is 0.781. The molecule has 4 rings (SSSR count). The molecule has 3 atom stereocenters. The number of carbonyl (C=O) groups is 2. The second-order valence-electron chi connectivity index (χ2n) is 7.43. The maximum absolute atomic E-state index is 12.7. The number of hydrogen-bond donors (Lipinski definition) is 3. The number of fused-ring (bicyclic) bond motifs is 1. The summed E-state index contributed by atoms with van der Waals surface area (Å²) in [5, 5.41) is 16.4. The van der Waals surface area contributed by atoms with Crippen LogP contribution >= 0.6 is 0 Å². The Balaban J connectivity index is 1.57. The summed E-state index contributed by atoms with van der Waals surface area (Å²) in [4.78, 5) is 26.5. The Hall–Kier alpha value is -2.83. The lowest BCUT2D eigenvalue weighted by molar-refractivity contribution is -0.152. The van der Waals surface area contributed by atoms with E-state index in [-0.39, 0.29) is 24.2 Å². The van der Waals surface area contributed by atoms with E-state index in [4.69, 9.17) is 5.73 Å². The van der Waals surface area contributed by atoms with Crippen molar-refractivity contribution in [1.82, 2.24) is 15.1 Å². The normalized spacial score (nSPS) is 27.9. The second kappa shape index (κ2) is 6.16. The largest absolute Gasteiger partial charge is 0.481 e. The molecule has 1 aliphatic carbocycles. The van der Waals surface area contributed by atoms with Crippen molar-refractivity contribution in [3.8, 4) is 0 Å². The molecule has 2 aromatic rings.